The summed E-state index contributed by atoms with van der Waals surface area (Å²) in [5, 5.41) is 11.8. The van der Waals surface area contributed by atoms with E-state index in [1.807, 2.05) is 6.92 Å². The Morgan fingerprint density at radius 2 is 2.36 bits per heavy atom. The van der Waals surface area contributed by atoms with Crippen LogP contribution in [0.2, 0.25) is 0 Å². The van der Waals surface area contributed by atoms with Crippen molar-refractivity contribution >= 4 is 0 Å². The molecule has 0 amide bonds. The number of nitrogens with one attached hydrogen (secondary N) is 1. The zero-order valence-corrected chi connectivity index (χ0v) is 7.14. The number of hydrogen-bond acceptors (Lipinski definition) is 2. The van der Waals surface area contributed by atoms with Gasteiger partial charge < -0.3 is 10.4 Å². The van der Waals surface area contributed by atoms with E-state index in [-0.39, 0.29) is 6.61 Å². The average molecular weight is 155 g/mol. The molecule has 1 unspecified atom stereocenters. The quantitative estimate of drug-likeness (QED) is 0.435. The first kappa shape index (κ1) is 10.5. The fraction of sp³-hybridized carbons (Fsp3) is 0.778. The second kappa shape index (κ2) is 7.59. The van der Waals surface area contributed by atoms with E-state index in [2.05, 4.69) is 11.2 Å². The van der Waals surface area contributed by atoms with Crippen molar-refractivity contribution < 1.29 is 5.11 Å². The highest BCUT2D eigenvalue weighted by atomic mass is 16.3. The smallest absolute Gasteiger partial charge is 0.0573 e. The van der Waals surface area contributed by atoms with E-state index in [0.717, 1.165) is 19.4 Å². The highest BCUT2D eigenvalue weighted by molar-refractivity contribution is 4.86. The molecule has 0 aromatic carbocycles. The van der Waals surface area contributed by atoms with Crippen LogP contribution in [0.3, 0.4) is 0 Å². The van der Waals surface area contributed by atoms with E-state index in [4.69, 9.17) is 11.5 Å². The first-order valence-electron chi connectivity index (χ1n) is 4.06. The molecule has 0 fully saturated rings. The number of hydrogen-bond donors (Lipinski definition) is 2. The summed E-state index contributed by atoms with van der Waals surface area (Å²) in [6, 6.07) is 0. The summed E-state index contributed by atoms with van der Waals surface area (Å²) in [5.41, 5.74) is 0. The fourth-order valence-electron chi connectivity index (χ4n) is 0.827. The molecule has 0 heterocycles. The second-order valence-electron chi connectivity index (χ2n) is 2.81. The molecule has 64 valence electrons. The predicted molar refractivity (Wildman–Crippen MR) is 47.2 cm³/mol. The Kier molecular flexibility index (Phi) is 7.23. The molecule has 0 radical (unpaired) electrons. The number of aliphatic hydroxyl groups excluding tert-OH is 1. The van der Waals surface area contributed by atoms with E-state index in [9.17, 15) is 0 Å². The van der Waals surface area contributed by atoms with Crippen LogP contribution in [0.25, 0.3) is 0 Å². The van der Waals surface area contributed by atoms with Crippen LogP contribution in [0.4, 0.5) is 0 Å². The Hall–Kier alpha value is -0.520. The molecule has 0 aliphatic heterocycles. The summed E-state index contributed by atoms with van der Waals surface area (Å²) in [5.74, 6) is 2.93. The van der Waals surface area contributed by atoms with Gasteiger partial charge in [0.2, 0.25) is 0 Å². The number of terminal acetylenes is 1. The molecule has 0 aromatic heterocycles. The van der Waals surface area contributed by atoms with Crippen molar-refractivity contribution in [1.82, 2.24) is 5.32 Å². The van der Waals surface area contributed by atoms with Gasteiger partial charge >= 0.3 is 0 Å². The first-order chi connectivity index (χ1) is 5.31. The van der Waals surface area contributed by atoms with Crippen LogP contribution in [0.1, 0.15) is 19.8 Å². The highest BCUT2D eigenvalue weighted by Crippen LogP contribution is 2.02. The maximum atomic E-state index is 8.68. The fourth-order valence-corrected chi connectivity index (χ4v) is 0.827. The lowest BCUT2D eigenvalue weighted by molar-refractivity contribution is 0.228. The molecule has 0 spiro atoms. The molecule has 0 aliphatic rings. The third-order valence-corrected chi connectivity index (χ3v) is 1.59. The molecule has 0 bridgehead atoms. The van der Waals surface area contributed by atoms with Crippen molar-refractivity contribution in [2.75, 3.05) is 19.7 Å². The topological polar surface area (TPSA) is 32.3 Å². The van der Waals surface area contributed by atoms with Gasteiger partial charge in [0, 0.05) is 6.61 Å². The highest BCUT2D eigenvalue weighted by Gasteiger charge is 1.97. The maximum Gasteiger partial charge on any atom is 0.0573 e. The van der Waals surface area contributed by atoms with Gasteiger partial charge in [-0.2, -0.15) is 0 Å². The van der Waals surface area contributed by atoms with E-state index in [1.54, 1.807) is 0 Å². The first-order valence-corrected chi connectivity index (χ1v) is 4.06. The van der Waals surface area contributed by atoms with E-state index < -0.39 is 0 Å². The normalized spacial score (nSPS) is 12.5. The van der Waals surface area contributed by atoms with Crippen molar-refractivity contribution in [1.29, 1.82) is 0 Å². The van der Waals surface area contributed by atoms with Crippen LogP contribution in [-0.2, 0) is 0 Å². The second-order valence-corrected chi connectivity index (χ2v) is 2.81. The van der Waals surface area contributed by atoms with Gasteiger partial charge in [-0.3, -0.25) is 0 Å². The number of rotatable bonds is 6. The van der Waals surface area contributed by atoms with Crippen LogP contribution in [-0.4, -0.2) is 24.8 Å². The Morgan fingerprint density at radius 3 is 2.91 bits per heavy atom. The van der Waals surface area contributed by atoms with Gasteiger partial charge in [0.15, 0.2) is 0 Å². The van der Waals surface area contributed by atoms with Gasteiger partial charge in [-0.15, -0.1) is 6.42 Å². The Labute approximate surface area is 69.0 Å². The summed E-state index contributed by atoms with van der Waals surface area (Å²) < 4.78 is 0. The molecular weight excluding hydrogens is 138 g/mol. The molecule has 2 nitrogen and oxygen atoms in total. The molecule has 0 saturated heterocycles. The van der Waals surface area contributed by atoms with Crippen molar-refractivity contribution in [2.45, 2.75) is 19.8 Å². The molecular formula is C9H17NO. The average Bonchev–Trinajstić information content (AvgIpc) is 2.04. The van der Waals surface area contributed by atoms with E-state index >= 15 is 0 Å². The van der Waals surface area contributed by atoms with Gasteiger partial charge in [-0.1, -0.05) is 12.8 Å². The number of aliphatic hydroxyl groups is 1. The standard InChI is InChI=1S/C9H17NO/c1-3-6-10-7-4-5-9(2)8-11/h1,9-11H,4-8H2,2H3. The van der Waals surface area contributed by atoms with E-state index in [0.29, 0.717) is 12.5 Å². The minimum Gasteiger partial charge on any atom is -0.396 e. The predicted octanol–water partition coefficient (Wildman–Crippen LogP) is 0.618. The molecule has 2 heteroatoms. The maximum absolute atomic E-state index is 8.68. The van der Waals surface area contributed by atoms with Crippen LogP contribution >= 0.6 is 0 Å². The van der Waals surface area contributed by atoms with Crippen LogP contribution in [0.5, 0.6) is 0 Å². The lowest BCUT2D eigenvalue weighted by atomic mass is 10.1. The Bertz CT molecular complexity index is 117. The van der Waals surface area contributed by atoms with Crippen molar-refractivity contribution in [3.63, 3.8) is 0 Å². The van der Waals surface area contributed by atoms with Gasteiger partial charge in [0.05, 0.1) is 6.54 Å². The molecule has 2 N–H and O–H groups in total. The molecule has 0 aliphatic carbocycles. The minimum absolute atomic E-state index is 0.287. The summed E-state index contributed by atoms with van der Waals surface area (Å²) in [6.45, 7) is 3.93. The largest absolute Gasteiger partial charge is 0.396 e. The minimum atomic E-state index is 0.287. The van der Waals surface area contributed by atoms with Crippen molar-refractivity contribution in [3.05, 3.63) is 0 Å². The van der Waals surface area contributed by atoms with Gasteiger partial charge in [-0.25, -0.2) is 0 Å². The SMILES string of the molecule is C#CCNCCCC(C)CO. The zero-order chi connectivity index (χ0) is 8.53. The molecule has 1 atom stereocenters. The molecule has 0 saturated carbocycles. The van der Waals surface area contributed by atoms with Crippen LogP contribution < -0.4 is 5.32 Å². The molecule has 0 rings (SSSR count). The summed E-state index contributed by atoms with van der Waals surface area (Å²) in [4.78, 5) is 0. The van der Waals surface area contributed by atoms with Gasteiger partial charge in [0.25, 0.3) is 0 Å². The lowest BCUT2D eigenvalue weighted by Gasteiger charge is -2.06. The zero-order valence-electron chi connectivity index (χ0n) is 7.14. The van der Waals surface area contributed by atoms with Gasteiger partial charge in [-0.05, 0) is 25.3 Å². The molecule has 11 heavy (non-hydrogen) atoms. The van der Waals surface area contributed by atoms with Crippen molar-refractivity contribution in [3.8, 4) is 12.3 Å². The van der Waals surface area contributed by atoms with Crippen molar-refractivity contribution in [2.24, 2.45) is 5.92 Å². The van der Waals surface area contributed by atoms with E-state index in [1.165, 1.54) is 0 Å². The van der Waals surface area contributed by atoms with Crippen LogP contribution in [0, 0.1) is 18.3 Å². The summed E-state index contributed by atoms with van der Waals surface area (Å²) >= 11 is 0. The monoisotopic (exact) mass is 155 g/mol. The van der Waals surface area contributed by atoms with Crippen LogP contribution in [0.15, 0.2) is 0 Å². The van der Waals surface area contributed by atoms with Gasteiger partial charge in [0.1, 0.15) is 0 Å². The summed E-state index contributed by atoms with van der Waals surface area (Å²) in [7, 11) is 0. The Balaban J connectivity index is 2.97. The third kappa shape index (κ3) is 7.38. The third-order valence-electron chi connectivity index (χ3n) is 1.59. The molecule has 0 aromatic rings. The summed E-state index contributed by atoms with van der Waals surface area (Å²) in [6.07, 6.45) is 7.19. The Morgan fingerprint density at radius 1 is 1.64 bits per heavy atom. The lowest BCUT2D eigenvalue weighted by Crippen LogP contribution is -2.16.